The molecule has 2 heterocycles. The Hall–Kier alpha value is -1.23. The normalized spacial score (nSPS) is 18.7. The molecule has 5 heteroatoms. The van der Waals surface area contributed by atoms with Crippen molar-refractivity contribution < 1.29 is 14.3 Å². The number of carbonyl (C=O) groups excluding carboxylic acids is 1. The van der Waals surface area contributed by atoms with Crippen LogP contribution in [0.1, 0.15) is 38.0 Å². The molecule has 1 aromatic rings. The summed E-state index contributed by atoms with van der Waals surface area (Å²) in [6.07, 6.45) is 0.579. The maximum atomic E-state index is 11.6. The Morgan fingerprint density at radius 2 is 2.39 bits per heavy atom. The van der Waals surface area contributed by atoms with Gasteiger partial charge in [0.05, 0.1) is 11.5 Å². The highest BCUT2D eigenvalue weighted by atomic mass is 32.1. The largest absolute Gasteiger partial charge is 0.492 e. The summed E-state index contributed by atoms with van der Waals surface area (Å²) < 4.78 is 10.8. The van der Waals surface area contributed by atoms with Crippen LogP contribution in [-0.2, 0) is 4.74 Å². The number of hydrogen-bond acceptors (Lipinski definition) is 4. The first-order valence-corrected chi connectivity index (χ1v) is 7.01. The maximum absolute atomic E-state index is 11.6. The zero-order chi connectivity index (χ0) is 13.2. The first-order valence-electron chi connectivity index (χ1n) is 6.13. The summed E-state index contributed by atoms with van der Waals surface area (Å²) in [5.41, 5.74) is -0.451. The molecule has 18 heavy (non-hydrogen) atoms. The van der Waals surface area contributed by atoms with Crippen LogP contribution in [0.15, 0.2) is 11.4 Å². The zero-order valence-electron chi connectivity index (χ0n) is 11.0. The lowest BCUT2D eigenvalue weighted by Gasteiger charge is -2.24. The molecule has 0 aromatic carbocycles. The van der Waals surface area contributed by atoms with Crippen LogP contribution in [0.3, 0.4) is 0 Å². The summed E-state index contributed by atoms with van der Waals surface area (Å²) in [5.74, 6) is 1.29. The van der Waals surface area contributed by atoms with Gasteiger partial charge in [0, 0.05) is 12.5 Å². The van der Waals surface area contributed by atoms with Crippen molar-refractivity contribution in [2.45, 2.75) is 38.7 Å². The molecule has 0 aliphatic carbocycles. The van der Waals surface area contributed by atoms with E-state index >= 15 is 0 Å². The third kappa shape index (κ3) is 3.38. The van der Waals surface area contributed by atoms with Crippen LogP contribution in [0.2, 0.25) is 0 Å². The van der Waals surface area contributed by atoms with Gasteiger partial charge in [0.15, 0.2) is 0 Å². The third-order valence-corrected chi connectivity index (χ3v) is 3.70. The minimum atomic E-state index is -0.451. The average Bonchev–Trinajstić information content (AvgIpc) is 2.72. The van der Waals surface area contributed by atoms with Gasteiger partial charge in [-0.15, -0.1) is 11.3 Å². The highest BCUT2D eigenvalue weighted by Crippen LogP contribution is 2.37. The molecule has 1 amide bonds. The van der Waals surface area contributed by atoms with Crippen molar-refractivity contribution in [1.82, 2.24) is 5.32 Å². The van der Waals surface area contributed by atoms with E-state index in [2.05, 4.69) is 5.32 Å². The van der Waals surface area contributed by atoms with Gasteiger partial charge in [0.25, 0.3) is 0 Å². The van der Waals surface area contributed by atoms with E-state index in [9.17, 15) is 4.79 Å². The van der Waals surface area contributed by atoms with E-state index in [1.165, 1.54) is 4.88 Å². The van der Waals surface area contributed by atoms with E-state index in [4.69, 9.17) is 9.47 Å². The van der Waals surface area contributed by atoms with Gasteiger partial charge in [-0.25, -0.2) is 4.79 Å². The summed E-state index contributed by atoms with van der Waals surface area (Å²) >= 11 is 1.68. The molecule has 0 bridgehead atoms. The molecule has 1 unspecified atom stereocenters. The standard InChI is InChI=1S/C13H19NO3S/c1-13(2,3)17-12(15)14-8-9-4-6-16-10-5-7-18-11(9)10/h5,7,9H,4,6,8H2,1-3H3,(H,14,15). The smallest absolute Gasteiger partial charge is 0.407 e. The second-order valence-electron chi connectivity index (χ2n) is 5.37. The van der Waals surface area contributed by atoms with Crippen molar-refractivity contribution in [3.8, 4) is 5.75 Å². The molecule has 0 saturated heterocycles. The number of nitrogens with one attached hydrogen (secondary N) is 1. The number of fused-ring (bicyclic) bond motifs is 1. The summed E-state index contributed by atoms with van der Waals surface area (Å²) in [6, 6.07) is 1.99. The molecule has 0 spiro atoms. The van der Waals surface area contributed by atoms with Gasteiger partial charge in [-0.1, -0.05) is 0 Å². The van der Waals surface area contributed by atoms with Gasteiger partial charge in [-0.05, 0) is 38.6 Å². The fraction of sp³-hybridized carbons (Fsp3) is 0.615. The van der Waals surface area contributed by atoms with E-state index in [1.807, 2.05) is 32.2 Å². The number of rotatable bonds is 2. The predicted octanol–water partition coefficient (Wildman–Crippen LogP) is 3.14. The Labute approximate surface area is 111 Å². The summed E-state index contributed by atoms with van der Waals surface area (Å²) in [5, 5.41) is 4.85. The minimum absolute atomic E-state index is 0.335. The van der Waals surface area contributed by atoms with Crippen LogP contribution >= 0.6 is 11.3 Å². The van der Waals surface area contributed by atoms with Crippen LogP contribution in [0.4, 0.5) is 4.79 Å². The maximum Gasteiger partial charge on any atom is 0.407 e. The molecule has 0 saturated carbocycles. The third-order valence-electron chi connectivity index (χ3n) is 2.64. The second-order valence-corrected chi connectivity index (χ2v) is 6.31. The van der Waals surface area contributed by atoms with Gasteiger partial charge in [0.2, 0.25) is 0 Å². The molecule has 1 aliphatic rings. The molecule has 1 atom stereocenters. The summed E-state index contributed by atoms with van der Waals surface area (Å²) in [4.78, 5) is 12.8. The topological polar surface area (TPSA) is 47.6 Å². The van der Waals surface area contributed by atoms with Crippen molar-refractivity contribution in [2.75, 3.05) is 13.2 Å². The SMILES string of the molecule is CC(C)(C)OC(=O)NCC1CCOc2ccsc21. The minimum Gasteiger partial charge on any atom is -0.492 e. The molecular formula is C13H19NO3S. The van der Waals surface area contributed by atoms with Crippen LogP contribution in [0, 0.1) is 0 Å². The van der Waals surface area contributed by atoms with Gasteiger partial charge in [-0.3, -0.25) is 0 Å². The summed E-state index contributed by atoms with van der Waals surface area (Å²) in [7, 11) is 0. The number of ether oxygens (including phenoxy) is 2. The quantitative estimate of drug-likeness (QED) is 0.897. The van der Waals surface area contributed by atoms with Crippen molar-refractivity contribution in [2.24, 2.45) is 0 Å². The first kappa shape index (κ1) is 13.2. The lowest BCUT2D eigenvalue weighted by Crippen LogP contribution is -2.35. The predicted molar refractivity (Wildman–Crippen MR) is 71.4 cm³/mol. The number of carbonyl (C=O) groups is 1. The van der Waals surface area contributed by atoms with E-state index in [1.54, 1.807) is 11.3 Å². The molecule has 2 rings (SSSR count). The van der Waals surface area contributed by atoms with Crippen molar-refractivity contribution in [1.29, 1.82) is 0 Å². The van der Waals surface area contributed by atoms with E-state index in [-0.39, 0.29) is 6.09 Å². The molecule has 0 fully saturated rings. The van der Waals surface area contributed by atoms with E-state index in [0.29, 0.717) is 19.1 Å². The molecule has 1 aromatic heterocycles. The van der Waals surface area contributed by atoms with Crippen molar-refractivity contribution >= 4 is 17.4 Å². The van der Waals surface area contributed by atoms with Crippen LogP contribution in [-0.4, -0.2) is 24.8 Å². The first-order chi connectivity index (χ1) is 8.46. The average molecular weight is 269 g/mol. The van der Waals surface area contributed by atoms with Crippen LogP contribution in [0.5, 0.6) is 5.75 Å². The van der Waals surface area contributed by atoms with Gasteiger partial charge in [0.1, 0.15) is 11.4 Å². The number of thiophene rings is 1. The van der Waals surface area contributed by atoms with E-state index in [0.717, 1.165) is 12.2 Å². The highest BCUT2D eigenvalue weighted by molar-refractivity contribution is 7.10. The lowest BCUT2D eigenvalue weighted by molar-refractivity contribution is 0.0522. The van der Waals surface area contributed by atoms with Crippen molar-refractivity contribution in [3.63, 3.8) is 0 Å². The Morgan fingerprint density at radius 3 is 3.11 bits per heavy atom. The zero-order valence-corrected chi connectivity index (χ0v) is 11.8. The number of alkyl carbamates (subject to hydrolysis) is 1. The molecular weight excluding hydrogens is 250 g/mol. The van der Waals surface area contributed by atoms with Gasteiger partial charge >= 0.3 is 6.09 Å². The Kier molecular flexibility index (Phi) is 3.80. The monoisotopic (exact) mass is 269 g/mol. The summed E-state index contributed by atoms with van der Waals surface area (Å²) in [6.45, 7) is 6.89. The van der Waals surface area contributed by atoms with Gasteiger partial charge in [-0.2, -0.15) is 0 Å². The fourth-order valence-corrected chi connectivity index (χ4v) is 2.86. The highest BCUT2D eigenvalue weighted by Gasteiger charge is 2.24. The second kappa shape index (κ2) is 5.18. The van der Waals surface area contributed by atoms with Crippen LogP contribution < -0.4 is 10.1 Å². The molecule has 4 nitrogen and oxygen atoms in total. The Bertz CT molecular complexity index is 422. The van der Waals surface area contributed by atoms with Gasteiger partial charge < -0.3 is 14.8 Å². The molecule has 1 N–H and O–H groups in total. The van der Waals surface area contributed by atoms with E-state index < -0.39 is 5.60 Å². The molecule has 100 valence electrons. The Balaban J connectivity index is 1.87. The molecule has 0 radical (unpaired) electrons. The Morgan fingerprint density at radius 1 is 1.61 bits per heavy atom. The number of hydrogen-bond donors (Lipinski definition) is 1. The van der Waals surface area contributed by atoms with Crippen molar-refractivity contribution in [3.05, 3.63) is 16.3 Å². The molecule has 1 aliphatic heterocycles. The fourth-order valence-electron chi connectivity index (χ4n) is 1.88. The lowest BCUT2D eigenvalue weighted by atomic mass is 10.0. The number of amides is 1. The van der Waals surface area contributed by atoms with Crippen LogP contribution in [0.25, 0.3) is 0 Å².